The minimum atomic E-state index is 0.0319. The molecule has 25 heavy (non-hydrogen) atoms. The Bertz CT molecular complexity index is 731. The van der Waals surface area contributed by atoms with E-state index >= 15 is 0 Å². The summed E-state index contributed by atoms with van der Waals surface area (Å²) in [7, 11) is 1.79. The van der Waals surface area contributed by atoms with Gasteiger partial charge in [0.25, 0.3) is 5.56 Å². The van der Waals surface area contributed by atoms with Crippen LogP contribution in [-0.2, 0) is 13.6 Å². The first-order valence-electron chi connectivity index (χ1n) is 8.87. The summed E-state index contributed by atoms with van der Waals surface area (Å²) < 4.78 is 7.01. The van der Waals surface area contributed by atoms with Gasteiger partial charge in [-0.15, -0.1) is 0 Å². The SMILES string of the molecule is Cn1ccc(C2CCN(Cc3ccc(OCCO)cc3)CC2)cc1=O. The molecule has 5 heteroatoms. The number of aliphatic hydroxyl groups excluding tert-OH is 1. The van der Waals surface area contributed by atoms with E-state index in [2.05, 4.69) is 23.1 Å². The molecule has 0 amide bonds. The molecule has 1 saturated heterocycles. The zero-order valence-electron chi connectivity index (χ0n) is 14.7. The normalized spacial score (nSPS) is 16.1. The van der Waals surface area contributed by atoms with Crippen molar-refractivity contribution in [2.75, 3.05) is 26.3 Å². The first kappa shape index (κ1) is 17.7. The fourth-order valence-corrected chi connectivity index (χ4v) is 3.35. The number of nitrogens with zero attached hydrogens (tertiary/aromatic N) is 2. The standard InChI is InChI=1S/C20H26N2O3/c1-21-9-6-18(14-20(21)24)17-7-10-22(11-8-17)15-16-2-4-19(5-3-16)25-13-12-23/h2-6,9,14,17,23H,7-8,10-13,15H2,1H3. The second kappa shape index (κ2) is 8.32. The minimum absolute atomic E-state index is 0.0319. The Hall–Kier alpha value is -2.11. The molecule has 1 aromatic carbocycles. The van der Waals surface area contributed by atoms with Crippen LogP contribution in [0.15, 0.2) is 47.4 Å². The minimum Gasteiger partial charge on any atom is -0.491 e. The van der Waals surface area contributed by atoms with E-state index in [0.29, 0.717) is 12.5 Å². The van der Waals surface area contributed by atoms with E-state index in [0.717, 1.165) is 38.2 Å². The van der Waals surface area contributed by atoms with Crippen molar-refractivity contribution < 1.29 is 9.84 Å². The van der Waals surface area contributed by atoms with Crippen LogP contribution in [0.25, 0.3) is 0 Å². The molecule has 1 aliphatic heterocycles. The highest BCUT2D eigenvalue weighted by molar-refractivity contribution is 5.27. The second-order valence-electron chi connectivity index (χ2n) is 6.68. The van der Waals surface area contributed by atoms with Crippen LogP contribution in [0, 0.1) is 0 Å². The molecule has 0 aliphatic carbocycles. The summed E-state index contributed by atoms with van der Waals surface area (Å²) in [6.07, 6.45) is 4.04. The van der Waals surface area contributed by atoms with Crippen molar-refractivity contribution in [3.05, 3.63) is 64.1 Å². The average Bonchev–Trinajstić information content (AvgIpc) is 2.64. The van der Waals surface area contributed by atoms with Gasteiger partial charge in [0.15, 0.2) is 0 Å². The van der Waals surface area contributed by atoms with E-state index in [1.807, 2.05) is 18.3 Å². The molecule has 2 aromatic rings. The van der Waals surface area contributed by atoms with Gasteiger partial charge in [-0.05, 0) is 61.2 Å². The van der Waals surface area contributed by atoms with Crippen LogP contribution < -0.4 is 10.3 Å². The van der Waals surface area contributed by atoms with E-state index < -0.39 is 0 Å². The van der Waals surface area contributed by atoms with Gasteiger partial charge in [0.2, 0.25) is 0 Å². The summed E-state index contributed by atoms with van der Waals surface area (Å²) in [6.45, 7) is 3.38. The van der Waals surface area contributed by atoms with Gasteiger partial charge in [-0.25, -0.2) is 0 Å². The number of piperidine rings is 1. The maximum atomic E-state index is 11.8. The Morgan fingerprint density at radius 3 is 2.52 bits per heavy atom. The van der Waals surface area contributed by atoms with Gasteiger partial charge >= 0.3 is 0 Å². The number of hydrogen-bond acceptors (Lipinski definition) is 4. The third-order valence-corrected chi connectivity index (χ3v) is 4.88. The third kappa shape index (κ3) is 4.71. The molecule has 0 bridgehead atoms. The quantitative estimate of drug-likeness (QED) is 0.874. The highest BCUT2D eigenvalue weighted by Crippen LogP contribution is 2.28. The smallest absolute Gasteiger partial charge is 0.250 e. The lowest BCUT2D eigenvalue weighted by Gasteiger charge is -2.32. The molecule has 0 radical (unpaired) electrons. The first-order chi connectivity index (χ1) is 12.2. The number of hydrogen-bond donors (Lipinski definition) is 1. The van der Waals surface area contributed by atoms with Crippen LogP contribution in [0.5, 0.6) is 5.75 Å². The van der Waals surface area contributed by atoms with Gasteiger partial charge in [0.1, 0.15) is 12.4 Å². The fourth-order valence-electron chi connectivity index (χ4n) is 3.35. The fraction of sp³-hybridized carbons (Fsp3) is 0.450. The van der Waals surface area contributed by atoms with Crippen LogP contribution in [0.4, 0.5) is 0 Å². The predicted molar refractivity (Wildman–Crippen MR) is 98.0 cm³/mol. The van der Waals surface area contributed by atoms with E-state index in [-0.39, 0.29) is 12.2 Å². The van der Waals surface area contributed by atoms with Gasteiger partial charge in [-0.3, -0.25) is 9.69 Å². The molecule has 5 nitrogen and oxygen atoms in total. The van der Waals surface area contributed by atoms with Gasteiger partial charge < -0.3 is 14.4 Å². The van der Waals surface area contributed by atoms with Crippen LogP contribution in [0.3, 0.4) is 0 Å². The lowest BCUT2D eigenvalue weighted by Crippen LogP contribution is -2.32. The molecular weight excluding hydrogens is 316 g/mol. The van der Waals surface area contributed by atoms with Gasteiger partial charge in [-0.2, -0.15) is 0 Å². The molecule has 1 N–H and O–H groups in total. The predicted octanol–water partition coefficient (Wildman–Crippen LogP) is 2.14. The van der Waals surface area contributed by atoms with Crippen molar-refractivity contribution in [3.8, 4) is 5.75 Å². The Balaban J connectivity index is 1.52. The number of pyridine rings is 1. The molecular formula is C20H26N2O3. The molecule has 0 saturated carbocycles. The summed E-state index contributed by atoms with van der Waals surface area (Å²) in [5.74, 6) is 1.28. The number of aliphatic hydroxyl groups is 1. The van der Waals surface area contributed by atoms with Crippen LogP contribution in [0.1, 0.15) is 29.9 Å². The first-order valence-corrected chi connectivity index (χ1v) is 8.87. The summed E-state index contributed by atoms with van der Waals surface area (Å²) in [4.78, 5) is 14.3. The van der Waals surface area contributed by atoms with Gasteiger partial charge in [-0.1, -0.05) is 12.1 Å². The van der Waals surface area contributed by atoms with Gasteiger partial charge in [0, 0.05) is 25.9 Å². The summed E-state index contributed by atoms with van der Waals surface area (Å²) >= 11 is 0. The second-order valence-corrected chi connectivity index (χ2v) is 6.68. The monoisotopic (exact) mass is 342 g/mol. The van der Waals surface area contributed by atoms with Crippen molar-refractivity contribution in [2.24, 2.45) is 7.05 Å². The highest BCUT2D eigenvalue weighted by atomic mass is 16.5. The Morgan fingerprint density at radius 2 is 1.88 bits per heavy atom. The van der Waals surface area contributed by atoms with Crippen molar-refractivity contribution in [1.29, 1.82) is 0 Å². The summed E-state index contributed by atoms with van der Waals surface area (Å²) in [5.41, 5.74) is 2.51. The van der Waals surface area contributed by atoms with Crippen molar-refractivity contribution >= 4 is 0 Å². The van der Waals surface area contributed by atoms with E-state index in [9.17, 15) is 4.79 Å². The molecule has 1 aromatic heterocycles. The average molecular weight is 342 g/mol. The number of rotatable bonds is 6. The lowest BCUT2D eigenvalue weighted by molar-refractivity contribution is 0.200. The molecule has 0 atom stereocenters. The third-order valence-electron chi connectivity index (χ3n) is 4.88. The lowest BCUT2D eigenvalue weighted by atomic mass is 9.90. The molecule has 2 heterocycles. The van der Waals surface area contributed by atoms with Crippen molar-refractivity contribution in [2.45, 2.75) is 25.3 Å². The molecule has 1 fully saturated rings. The van der Waals surface area contributed by atoms with Crippen molar-refractivity contribution in [3.63, 3.8) is 0 Å². The number of aryl methyl sites for hydroxylation is 1. The topological polar surface area (TPSA) is 54.7 Å². The Morgan fingerprint density at radius 1 is 1.16 bits per heavy atom. The zero-order valence-corrected chi connectivity index (χ0v) is 14.7. The Kier molecular flexibility index (Phi) is 5.89. The highest BCUT2D eigenvalue weighted by Gasteiger charge is 2.21. The number of ether oxygens (including phenoxy) is 1. The van der Waals surface area contributed by atoms with Crippen LogP contribution in [0.2, 0.25) is 0 Å². The summed E-state index contributed by atoms with van der Waals surface area (Å²) in [5, 5.41) is 8.78. The number of likely N-dealkylation sites (tertiary alicyclic amines) is 1. The van der Waals surface area contributed by atoms with Crippen molar-refractivity contribution in [1.82, 2.24) is 9.47 Å². The molecule has 3 rings (SSSR count). The van der Waals surface area contributed by atoms with Gasteiger partial charge in [0.05, 0.1) is 6.61 Å². The number of aromatic nitrogens is 1. The van der Waals surface area contributed by atoms with Crippen LogP contribution in [-0.4, -0.2) is 40.9 Å². The largest absolute Gasteiger partial charge is 0.491 e. The van der Waals surface area contributed by atoms with E-state index in [1.54, 1.807) is 17.7 Å². The molecule has 0 spiro atoms. The zero-order chi connectivity index (χ0) is 17.6. The molecule has 1 aliphatic rings. The number of benzene rings is 1. The maximum absolute atomic E-state index is 11.8. The van der Waals surface area contributed by atoms with E-state index in [1.165, 1.54) is 11.1 Å². The Labute approximate surface area is 148 Å². The molecule has 0 unspecified atom stereocenters. The van der Waals surface area contributed by atoms with E-state index in [4.69, 9.17) is 9.84 Å². The maximum Gasteiger partial charge on any atom is 0.250 e. The molecule has 134 valence electrons. The summed E-state index contributed by atoms with van der Waals surface area (Å²) in [6, 6.07) is 11.9. The van der Waals surface area contributed by atoms with Crippen LogP contribution >= 0.6 is 0 Å².